The molecule has 1 aliphatic rings. The SMILES string of the molecule is CC(C)C(=O)Nc1ncnc2c1ncn2[C@@H]1O[C@H](CO)[C@@H](O)[C@H]1OCCSC(c1ccccc1)(c1ccccc1)c1ccccc1. The number of carbonyl (C=O) groups excluding carboxylic acids is 1. The summed E-state index contributed by atoms with van der Waals surface area (Å²) >= 11 is 1.75. The number of nitrogens with zero attached hydrogens (tertiary/aromatic N) is 4. The van der Waals surface area contributed by atoms with Gasteiger partial charge in [0, 0.05) is 11.7 Å². The van der Waals surface area contributed by atoms with Crippen molar-refractivity contribution in [2.75, 3.05) is 24.3 Å². The minimum absolute atomic E-state index is 0.196. The van der Waals surface area contributed by atoms with Crippen LogP contribution < -0.4 is 5.32 Å². The van der Waals surface area contributed by atoms with Gasteiger partial charge >= 0.3 is 0 Å². The van der Waals surface area contributed by atoms with Crippen molar-refractivity contribution in [1.82, 2.24) is 19.5 Å². The molecular weight excluding hydrogens is 602 g/mol. The second kappa shape index (κ2) is 14.1. The van der Waals surface area contributed by atoms with E-state index in [2.05, 4.69) is 93.1 Å². The minimum atomic E-state index is -1.10. The number of thioether (sulfide) groups is 1. The van der Waals surface area contributed by atoms with Crippen molar-refractivity contribution in [3.05, 3.63) is 120 Å². The number of anilines is 1. The van der Waals surface area contributed by atoms with E-state index >= 15 is 0 Å². The second-order valence-corrected chi connectivity index (χ2v) is 12.7. The summed E-state index contributed by atoms with van der Waals surface area (Å²) in [6, 6.07) is 31.3. The predicted octanol–water partition coefficient (Wildman–Crippen LogP) is 4.78. The molecule has 1 fully saturated rings. The lowest BCUT2D eigenvalue weighted by molar-refractivity contribution is -0.118. The summed E-state index contributed by atoms with van der Waals surface area (Å²) in [5, 5.41) is 24.0. The number of imidazole rings is 1. The minimum Gasteiger partial charge on any atom is -0.394 e. The van der Waals surface area contributed by atoms with Crippen LogP contribution in [-0.2, 0) is 19.0 Å². The molecule has 46 heavy (non-hydrogen) atoms. The van der Waals surface area contributed by atoms with Crippen LogP contribution in [0, 0.1) is 5.92 Å². The van der Waals surface area contributed by atoms with Gasteiger partial charge in [-0.3, -0.25) is 9.36 Å². The van der Waals surface area contributed by atoms with E-state index in [1.54, 1.807) is 30.2 Å². The van der Waals surface area contributed by atoms with Crippen molar-refractivity contribution in [1.29, 1.82) is 0 Å². The zero-order chi connectivity index (χ0) is 32.1. The predicted molar refractivity (Wildman–Crippen MR) is 177 cm³/mol. The Labute approximate surface area is 271 Å². The average molecular weight is 640 g/mol. The Morgan fingerprint density at radius 3 is 2.09 bits per heavy atom. The molecule has 0 bridgehead atoms. The lowest BCUT2D eigenvalue weighted by atomic mass is 9.84. The maximum absolute atomic E-state index is 12.4. The van der Waals surface area contributed by atoms with E-state index in [1.165, 1.54) is 12.7 Å². The zero-order valence-electron chi connectivity index (χ0n) is 25.6. The number of aromatic nitrogens is 4. The number of aliphatic hydroxyl groups is 2. The standard InChI is InChI=1S/C35H37N5O5S/c1-23(2)33(43)39-31-28-32(37-21-36-31)40(22-38-28)34-30(29(42)27(20-41)45-34)44-18-19-46-35(24-12-6-3-7-13-24,25-14-8-4-9-15-25)26-16-10-5-11-17-26/h3-17,21-23,27,29-30,34,41-42H,18-20H2,1-2H3,(H,36,37,39,43)/t27-,29-,30-,34-/m1/s1. The molecule has 10 nitrogen and oxygen atoms in total. The van der Waals surface area contributed by atoms with Gasteiger partial charge in [-0.25, -0.2) is 15.0 Å². The van der Waals surface area contributed by atoms with Gasteiger partial charge in [-0.15, -0.1) is 11.8 Å². The summed E-state index contributed by atoms with van der Waals surface area (Å²) in [6.45, 7) is 3.48. The summed E-state index contributed by atoms with van der Waals surface area (Å²) in [4.78, 5) is 25.4. The van der Waals surface area contributed by atoms with Gasteiger partial charge in [-0.2, -0.15) is 0 Å². The van der Waals surface area contributed by atoms with Crippen molar-refractivity contribution >= 4 is 34.7 Å². The monoisotopic (exact) mass is 639 g/mol. The Balaban J connectivity index is 1.27. The topological polar surface area (TPSA) is 132 Å². The van der Waals surface area contributed by atoms with E-state index in [0.717, 1.165) is 16.7 Å². The number of fused-ring (bicyclic) bond motifs is 1. The average Bonchev–Trinajstić information content (AvgIpc) is 3.67. The largest absolute Gasteiger partial charge is 0.394 e. The molecule has 0 spiro atoms. The molecule has 11 heteroatoms. The molecule has 238 valence electrons. The van der Waals surface area contributed by atoms with E-state index in [1.807, 2.05) is 18.2 Å². The fourth-order valence-corrected chi connectivity index (χ4v) is 7.21. The lowest BCUT2D eigenvalue weighted by Crippen LogP contribution is -2.36. The molecule has 1 aliphatic heterocycles. The van der Waals surface area contributed by atoms with Gasteiger partial charge < -0.3 is 25.0 Å². The van der Waals surface area contributed by atoms with E-state index in [-0.39, 0.29) is 30.9 Å². The van der Waals surface area contributed by atoms with Crippen LogP contribution in [0.4, 0.5) is 5.82 Å². The van der Waals surface area contributed by atoms with Crippen molar-refractivity contribution in [3.63, 3.8) is 0 Å². The summed E-state index contributed by atoms with van der Waals surface area (Å²) in [5.74, 6) is 0.425. The van der Waals surface area contributed by atoms with Crippen LogP contribution in [0.2, 0.25) is 0 Å². The number of carbonyl (C=O) groups is 1. The van der Waals surface area contributed by atoms with E-state index in [4.69, 9.17) is 9.47 Å². The number of hydrogen-bond donors (Lipinski definition) is 3. The fourth-order valence-electron chi connectivity index (χ4n) is 5.81. The molecule has 6 rings (SSSR count). The molecule has 1 saturated heterocycles. The Bertz CT molecular complexity index is 1640. The van der Waals surface area contributed by atoms with Gasteiger partial charge in [0.05, 0.1) is 24.3 Å². The van der Waals surface area contributed by atoms with Crippen LogP contribution in [0.15, 0.2) is 104 Å². The van der Waals surface area contributed by atoms with Crippen LogP contribution in [0.5, 0.6) is 0 Å². The highest BCUT2D eigenvalue weighted by atomic mass is 32.2. The van der Waals surface area contributed by atoms with Crippen LogP contribution in [-0.4, -0.2) is 72.9 Å². The van der Waals surface area contributed by atoms with Gasteiger partial charge in [-0.05, 0) is 16.7 Å². The maximum Gasteiger partial charge on any atom is 0.228 e. The van der Waals surface area contributed by atoms with Gasteiger partial charge in [0.1, 0.15) is 24.6 Å². The van der Waals surface area contributed by atoms with Crippen LogP contribution in [0.1, 0.15) is 36.8 Å². The van der Waals surface area contributed by atoms with Crippen LogP contribution in [0.3, 0.4) is 0 Å². The summed E-state index contributed by atoms with van der Waals surface area (Å²) < 4.78 is 13.6. The number of aliphatic hydroxyl groups excluding tert-OH is 2. The maximum atomic E-state index is 12.4. The molecular formula is C35H37N5O5S. The molecule has 1 amide bonds. The number of hydrogen-bond acceptors (Lipinski definition) is 9. The normalized spacial score (nSPS) is 19.9. The Kier molecular flexibility index (Phi) is 9.76. The molecule has 0 saturated carbocycles. The fraction of sp³-hybridized carbons (Fsp3) is 0.314. The number of nitrogens with one attached hydrogen (secondary N) is 1. The summed E-state index contributed by atoms with van der Waals surface area (Å²) in [5.41, 5.74) is 4.22. The van der Waals surface area contributed by atoms with Crippen molar-refractivity contribution in [2.24, 2.45) is 5.92 Å². The van der Waals surface area contributed by atoms with Gasteiger partial charge in [0.25, 0.3) is 0 Å². The van der Waals surface area contributed by atoms with Crippen LogP contribution >= 0.6 is 11.8 Å². The third kappa shape index (κ3) is 6.16. The number of ether oxygens (including phenoxy) is 2. The number of rotatable bonds is 12. The van der Waals surface area contributed by atoms with Gasteiger partial charge in [-0.1, -0.05) is 105 Å². The molecule has 3 N–H and O–H groups in total. The molecule has 2 aromatic heterocycles. The Hall–Kier alpha value is -4.13. The second-order valence-electron chi connectivity index (χ2n) is 11.4. The molecule has 0 unspecified atom stereocenters. The quantitative estimate of drug-likeness (QED) is 0.130. The van der Waals surface area contributed by atoms with Gasteiger partial charge in [0.2, 0.25) is 5.91 Å². The highest BCUT2D eigenvalue weighted by molar-refractivity contribution is 8.00. The molecule has 4 atom stereocenters. The first-order chi connectivity index (χ1) is 22.4. The highest BCUT2D eigenvalue weighted by Crippen LogP contribution is 2.48. The zero-order valence-corrected chi connectivity index (χ0v) is 26.5. The molecule has 0 aliphatic carbocycles. The number of benzene rings is 3. The molecule has 3 aromatic carbocycles. The van der Waals surface area contributed by atoms with Crippen molar-refractivity contribution in [2.45, 2.75) is 43.1 Å². The summed E-state index contributed by atoms with van der Waals surface area (Å²) in [6.07, 6.45) is -0.738. The Morgan fingerprint density at radius 1 is 0.957 bits per heavy atom. The molecule has 5 aromatic rings. The Morgan fingerprint density at radius 2 is 1.54 bits per heavy atom. The third-order valence-corrected chi connectivity index (χ3v) is 9.66. The van der Waals surface area contributed by atoms with Crippen molar-refractivity contribution < 1.29 is 24.5 Å². The van der Waals surface area contributed by atoms with Crippen molar-refractivity contribution in [3.8, 4) is 0 Å². The van der Waals surface area contributed by atoms with E-state index < -0.39 is 29.3 Å². The van der Waals surface area contributed by atoms with Crippen LogP contribution in [0.25, 0.3) is 11.2 Å². The highest BCUT2D eigenvalue weighted by Gasteiger charge is 2.46. The first-order valence-corrected chi connectivity index (χ1v) is 16.3. The first-order valence-electron chi connectivity index (χ1n) is 15.3. The van der Waals surface area contributed by atoms with E-state index in [0.29, 0.717) is 16.9 Å². The summed E-state index contributed by atoms with van der Waals surface area (Å²) in [7, 11) is 0. The lowest BCUT2D eigenvalue weighted by Gasteiger charge is -2.35. The molecule has 0 radical (unpaired) electrons. The number of amides is 1. The third-order valence-electron chi connectivity index (χ3n) is 8.14. The first kappa shape index (κ1) is 31.8. The molecule has 3 heterocycles. The smallest absolute Gasteiger partial charge is 0.228 e. The van der Waals surface area contributed by atoms with E-state index in [9.17, 15) is 15.0 Å². The van der Waals surface area contributed by atoms with Gasteiger partial charge in [0.15, 0.2) is 23.2 Å².